The van der Waals surface area contributed by atoms with Crippen molar-refractivity contribution in [3.05, 3.63) is 35.9 Å². The lowest BCUT2D eigenvalue weighted by Gasteiger charge is -2.37. The summed E-state index contributed by atoms with van der Waals surface area (Å²) in [5.41, 5.74) is 1.35. The number of morpholine rings is 1. The van der Waals surface area contributed by atoms with Crippen LogP contribution in [0.2, 0.25) is 0 Å². The highest BCUT2D eigenvalue weighted by Crippen LogP contribution is 2.16. The predicted octanol–water partition coefficient (Wildman–Crippen LogP) is 2.51. The first-order valence-corrected chi connectivity index (χ1v) is 6.28. The van der Waals surface area contributed by atoms with E-state index in [1.165, 1.54) is 5.56 Å². The molecule has 1 aromatic carbocycles. The van der Waals surface area contributed by atoms with Gasteiger partial charge in [0.2, 0.25) is 0 Å². The zero-order valence-corrected chi connectivity index (χ0v) is 10.4. The number of rotatable bonds is 3. The zero-order chi connectivity index (χ0) is 11.4. The minimum Gasteiger partial charge on any atom is -0.374 e. The van der Waals surface area contributed by atoms with Gasteiger partial charge in [-0.15, -0.1) is 11.6 Å². The lowest BCUT2D eigenvalue weighted by molar-refractivity contribution is -0.0510. The molecule has 1 heterocycles. The first kappa shape index (κ1) is 11.9. The standard InChI is InChI=1S/C13H18ClNO/c1-11-10-16-13(7-14)9-15(11)8-12-5-3-2-4-6-12/h2-6,11,13H,7-10H2,1H3/t11-,13+/m1/s1. The van der Waals surface area contributed by atoms with E-state index < -0.39 is 0 Å². The molecule has 0 aromatic heterocycles. The average molecular weight is 240 g/mol. The summed E-state index contributed by atoms with van der Waals surface area (Å²) >= 11 is 5.84. The van der Waals surface area contributed by atoms with Crippen LogP contribution < -0.4 is 0 Å². The van der Waals surface area contributed by atoms with Crippen molar-refractivity contribution in [2.75, 3.05) is 19.0 Å². The highest BCUT2D eigenvalue weighted by Gasteiger charge is 2.25. The quantitative estimate of drug-likeness (QED) is 0.752. The van der Waals surface area contributed by atoms with Gasteiger partial charge in [-0.2, -0.15) is 0 Å². The van der Waals surface area contributed by atoms with E-state index in [4.69, 9.17) is 16.3 Å². The molecule has 0 aliphatic carbocycles. The molecule has 0 N–H and O–H groups in total. The van der Waals surface area contributed by atoms with Gasteiger partial charge >= 0.3 is 0 Å². The van der Waals surface area contributed by atoms with Crippen LogP contribution in [0.15, 0.2) is 30.3 Å². The lowest BCUT2D eigenvalue weighted by atomic mass is 10.1. The molecular formula is C13H18ClNO. The molecule has 1 fully saturated rings. The van der Waals surface area contributed by atoms with E-state index in [0.29, 0.717) is 11.9 Å². The highest BCUT2D eigenvalue weighted by molar-refractivity contribution is 6.18. The fraction of sp³-hybridized carbons (Fsp3) is 0.538. The van der Waals surface area contributed by atoms with Crippen LogP contribution in [0.3, 0.4) is 0 Å². The minimum absolute atomic E-state index is 0.182. The number of halogens is 1. The molecule has 2 nitrogen and oxygen atoms in total. The van der Waals surface area contributed by atoms with E-state index in [2.05, 4.69) is 36.1 Å². The molecule has 0 spiro atoms. The predicted molar refractivity (Wildman–Crippen MR) is 66.8 cm³/mol. The maximum Gasteiger partial charge on any atom is 0.0838 e. The van der Waals surface area contributed by atoms with E-state index in [-0.39, 0.29) is 6.10 Å². The number of hydrogen-bond donors (Lipinski definition) is 0. The van der Waals surface area contributed by atoms with Gasteiger partial charge in [0.05, 0.1) is 12.7 Å². The number of ether oxygens (including phenoxy) is 1. The second kappa shape index (κ2) is 5.67. The first-order valence-electron chi connectivity index (χ1n) is 5.75. The Labute approximate surface area is 102 Å². The second-order valence-corrected chi connectivity index (χ2v) is 4.68. The summed E-state index contributed by atoms with van der Waals surface area (Å²) in [6.07, 6.45) is 0.182. The molecule has 0 unspecified atom stereocenters. The second-order valence-electron chi connectivity index (χ2n) is 4.37. The highest BCUT2D eigenvalue weighted by atomic mass is 35.5. The van der Waals surface area contributed by atoms with Crippen molar-refractivity contribution in [1.82, 2.24) is 4.90 Å². The molecule has 3 heteroatoms. The molecule has 1 aliphatic heterocycles. The minimum atomic E-state index is 0.182. The van der Waals surface area contributed by atoms with Crippen molar-refractivity contribution in [1.29, 1.82) is 0 Å². The van der Waals surface area contributed by atoms with E-state index in [1.807, 2.05) is 6.07 Å². The van der Waals surface area contributed by atoms with Crippen molar-refractivity contribution >= 4 is 11.6 Å². The summed E-state index contributed by atoms with van der Waals surface area (Å²) in [7, 11) is 0. The molecule has 1 aromatic rings. The van der Waals surface area contributed by atoms with Crippen molar-refractivity contribution in [2.24, 2.45) is 0 Å². The number of alkyl halides is 1. The van der Waals surface area contributed by atoms with Crippen LogP contribution in [0.4, 0.5) is 0 Å². The van der Waals surface area contributed by atoms with Crippen LogP contribution in [0.5, 0.6) is 0 Å². The topological polar surface area (TPSA) is 12.5 Å². The van der Waals surface area contributed by atoms with Crippen LogP contribution in [0.25, 0.3) is 0 Å². The fourth-order valence-electron chi connectivity index (χ4n) is 2.01. The summed E-state index contributed by atoms with van der Waals surface area (Å²) < 4.78 is 5.63. The van der Waals surface area contributed by atoms with Gasteiger partial charge in [-0.05, 0) is 12.5 Å². The summed E-state index contributed by atoms with van der Waals surface area (Å²) in [5, 5.41) is 0. The average Bonchev–Trinajstić information content (AvgIpc) is 2.33. The van der Waals surface area contributed by atoms with Gasteiger partial charge in [0.25, 0.3) is 0 Å². The molecule has 0 saturated carbocycles. The van der Waals surface area contributed by atoms with Gasteiger partial charge in [0, 0.05) is 25.0 Å². The Morgan fingerprint density at radius 1 is 1.38 bits per heavy atom. The largest absolute Gasteiger partial charge is 0.374 e. The zero-order valence-electron chi connectivity index (χ0n) is 9.60. The summed E-state index contributed by atoms with van der Waals surface area (Å²) in [4.78, 5) is 2.44. The molecule has 0 bridgehead atoms. The Morgan fingerprint density at radius 3 is 2.81 bits per heavy atom. The normalized spacial score (nSPS) is 26.9. The van der Waals surface area contributed by atoms with Crippen LogP contribution in [0.1, 0.15) is 12.5 Å². The monoisotopic (exact) mass is 239 g/mol. The van der Waals surface area contributed by atoms with Crippen LogP contribution in [0, 0.1) is 0 Å². The van der Waals surface area contributed by atoms with Gasteiger partial charge in [0.15, 0.2) is 0 Å². The third kappa shape index (κ3) is 2.97. The molecule has 1 aliphatic rings. The van der Waals surface area contributed by atoms with E-state index >= 15 is 0 Å². The Balaban J connectivity index is 1.97. The molecule has 16 heavy (non-hydrogen) atoms. The van der Waals surface area contributed by atoms with E-state index in [0.717, 1.165) is 19.7 Å². The van der Waals surface area contributed by atoms with Crippen LogP contribution in [-0.4, -0.2) is 36.1 Å². The Hall–Kier alpha value is -0.570. The third-order valence-corrected chi connectivity index (χ3v) is 3.38. The Kier molecular flexibility index (Phi) is 4.22. The summed E-state index contributed by atoms with van der Waals surface area (Å²) in [6, 6.07) is 11.0. The summed E-state index contributed by atoms with van der Waals surface area (Å²) in [6.45, 7) is 4.90. The van der Waals surface area contributed by atoms with Crippen LogP contribution >= 0.6 is 11.6 Å². The number of benzene rings is 1. The molecular weight excluding hydrogens is 222 g/mol. The van der Waals surface area contributed by atoms with Gasteiger partial charge in [-0.25, -0.2) is 0 Å². The first-order chi connectivity index (χ1) is 7.79. The van der Waals surface area contributed by atoms with Crippen LogP contribution in [-0.2, 0) is 11.3 Å². The molecule has 1 saturated heterocycles. The molecule has 2 atom stereocenters. The Bertz CT molecular complexity index is 317. The number of hydrogen-bond acceptors (Lipinski definition) is 2. The SMILES string of the molecule is C[C@@H]1CO[C@@H](CCl)CN1Cc1ccccc1. The molecule has 2 rings (SSSR count). The third-order valence-electron chi connectivity index (χ3n) is 3.04. The van der Waals surface area contributed by atoms with Gasteiger partial charge in [-0.3, -0.25) is 4.90 Å². The maximum absolute atomic E-state index is 5.84. The molecule has 0 amide bonds. The molecule has 88 valence electrons. The van der Waals surface area contributed by atoms with Crippen molar-refractivity contribution < 1.29 is 4.74 Å². The van der Waals surface area contributed by atoms with Crippen molar-refractivity contribution in [2.45, 2.75) is 25.6 Å². The van der Waals surface area contributed by atoms with Gasteiger partial charge < -0.3 is 4.74 Å². The Morgan fingerprint density at radius 2 is 2.12 bits per heavy atom. The summed E-state index contributed by atoms with van der Waals surface area (Å²) in [5.74, 6) is 0.581. The fourth-order valence-corrected chi connectivity index (χ4v) is 2.19. The number of nitrogens with zero attached hydrogens (tertiary/aromatic N) is 1. The van der Waals surface area contributed by atoms with E-state index in [9.17, 15) is 0 Å². The van der Waals surface area contributed by atoms with Crippen molar-refractivity contribution in [3.8, 4) is 0 Å². The smallest absolute Gasteiger partial charge is 0.0838 e. The van der Waals surface area contributed by atoms with E-state index in [1.54, 1.807) is 0 Å². The maximum atomic E-state index is 5.84. The van der Waals surface area contributed by atoms with Gasteiger partial charge in [-0.1, -0.05) is 30.3 Å². The van der Waals surface area contributed by atoms with Crippen molar-refractivity contribution in [3.63, 3.8) is 0 Å². The lowest BCUT2D eigenvalue weighted by Crippen LogP contribution is -2.48. The van der Waals surface area contributed by atoms with Gasteiger partial charge in [0.1, 0.15) is 0 Å². The molecule has 0 radical (unpaired) electrons.